The molecule has 1 saturated heterocycles. The lowest BCUT2D eigenvalue weighted by molar-refractivity contribution is -0.168. The predicted octanol–water partition coefficient (Wildman–Crippen LogP) is 0.280. The third-order valence-corrected chi connectivity index (χ3v) is 4.44. The molecule has 10 nitrogen and oxygen atoms in total. The quantitative estimate of drug-likeness (QED) is 0.433. The van der Waals surface area contributed by atoms with Crippen molar-refractivity contribution in [3.8, 4) is 0 Å². The molecule has 1 fully saturated rings. The van der Waals surface area contributed by atoms with Crippen LogP contribution in [0.3, 0.4) is 0 Å². The molecule has 3 rings (SSSR count). The Morgan fingerprint density at radius 2 is 2.19 bits per heavy atom. The second-order valence-corrected chi connectivity index (χ2v) is 7.50. The number of aliphatic hydroxyl groups excluding tert-OH is 2. The first-order valence-electron chi connectivity index (χ1n) is 8.01. The van der Waals surface area contributed by atoms with Gasteiger partial charge in [0.2, 0.25) is 0 Å². The third-order valence-electron chi connectivity index (χ3n) is 4.14. The number of nitrogens with one attached hydrogen (secondary N) is 1. The van der Waals surface area contributed by atoms with Crippen molar-refractivity contribution in [2.24, 2.45) is 5.41 Å². The molecule has 0 spiro atoms. The van der Waals surface area contributed by atoms with Crippen LogP contribution in [0.15, 0.2) is 6.33 Å². The van der Waals surface area contributed by atoms with Gasteiger partial charge in [0, 0.05) is 0 Å². The number of hydrogen-bond donors (Lipinski definition) is 4. The summed E-state index contributed by atoms with van der Waals surface area (Å²) >= 11 is 5.32. The maximum atomic E-state index is 12.3. The van der Waals surface area contributed by atoms with Crippen molar-refractivity contribution in [2.75, 3.05) is 12.3 Å². The molecule has 11 heteroatoms. The highest BCUT2D eigenvalue weighted by Crippen LogP contribution is 2.35. The Balaban J connectivity index is 2.07. The van der Waals surface area contributed by atoms with Crippen molar-refractivity contribution in [3.05, 3.63) is 11.1 Å². The minimum atomic E-state index is -1.23. The predicted molar refractivity (Wildman–Crippen MR) is 93.5 cm³/mol. The molecule has 0 aromatic carbocycles. The zero-order valence-corrected chi connectivity index (χ0v) is 15.4. The first-order chi connectivity index (χ1) is 12.1. The van der Waals surface area contributed by atoms with E-state index in [1.54, 1.807) is 20.8 Å². The number of aliphatic hydroxyl groups is 2. The molecule has 0 saturated carbocycles. The van der Waals surface area contributed by atoms with Crippen molar-refractivity contribution in [3.63, 3.8) is 0 Å². The van der Waals surface area contributed by atoms with Crippen LogP contribution >= 0.6 is 12.2 Å². The summed E-state index contributed by atoms with van der Waals surface area (Å²) < 4.78 is 12.9. The number of aromatic nitrogens is 4. The van der Waals surface area contributed by atoms with Gasteiger partial charge in [-0.25, -0.2) is 9.97 Å². The number of hydrogen-bond acceptors (Lipinski definition) is 9. The number of nitrogen functional groups attached to an aromatic ring is 1. The van der Waals surface area contributed by atoms with Crippen LogP contribution in [0.1, 0.15) is 27.0 Å². The number of H-pyrrole nitrogens is 1. The van der Waals surface area contributed by atoms with Gasteiger partial charge in [-0.1, -0.05) is 0 Å². The SMILES string of the molecule is CC(C)(C)C(=O)O[C@@H]1[C@H](O)[C@@H](CO)O[C@H]1n1c(=S)[nH]c2c(N)ncnc21. The third kappa shape index (κ3) is 3.07. The summed E-state index contributed by atoms with van der Waals surface area (Å²) in [7, 11) is 0. The number of ether oxygens (including phenoxy) is 2. The van der Waals surface area contributed by atoms with E-state index in [9.17, 15) is 15.0 Å². The Morgan fingerprint density at radius 3 is 2.81 bits per heavy atom. The van der Waals surface area contributed by atoms with Crippen molar-refractivity contribution < 1.29 is 24.5 Å². The highest BCUT2D eigenvalue weighted by molar-refractivity contribution is 7.71. The highest BCUT2D eigenvalue weighted by atomic mass is 32.1. The monoisotopic (exact) mass is 383 g/mol. The lowest BCUT2D eigenvalue weighted by atomic mass is 9.97. The van der Waals surface area contributed by atoms with Crippen LogP contribution in [0.25, 0.3) is 11.2 Å². The zero-order chi connectivity index (χ0) is 19.2. The van der Waals surface area contributed by atoms with Gasteiger partial charge in [-0.15, -0.1) is 0 Å². The number of aromatic amines is 1. The van der Waals surface area contributed by atoms with Crippen LogP contribution in [-0.4, -0.2) is 60.6 Å². The van der Waals surface area contributed by atoms with E-state index in [0.29, 0.717) is 11.2 Å². The van der Waals surface area contributed by atoms with Crippen LogP contribution < -0.4 is 5.73 Å². The fourth-order valence-electron chi connectivity index (χ4n) is 2.70. The second-order valence-electron chi connectivity index (χ2n) is 7.12. The topological polar surface area (TPSA) is 149 Å². The Morgan fingerprint density at radius 1 is 1.50 bits per heavy atom. The van der Waals surface area contributed by atoms with E-state index in [1.807, 2.05) is 0 Å². The molecule has 26 heavy (non-hydrogen) atoms. The van der Waals surface area contributed by atoms with E-state index in [-0.39, 0.29) is 10.6 Å². The molecule has 2 aromatic heterocycles. The van der Waals surface area contributed by atoms with E-state index >= 15 is 0 Å². The molecular formula is C15H21N5O5S. The van der Waals surface area contributed by atoms with Gasteiger partial charge < -0.3 is 30.4 Å². The average Bonchev–Trinajstić information content (AvgIpc) is 3.05. The Hall–Kier alpha value is -2.08. The lowest BCUT2D eigenvalue weighted by Gasteiger charge is -2.25. The van der Waals surface area contributed by atoms with Gasteiger partial charge in [-0.2, -0.15) is 0 Å². The largest absolute Gasteiger partial charge is 0.454 e. The normalized spacial score (nSPS) is 26.3. The molecule has 0 amide bonds. The maximum Gasteiger partial charge on any atom is 0.311 e. The van der Waals surface area contributed by atoms with Gasteiger partial charge in [0.15, 0.2) is 28.6 Å². The molecule has 142 valence electrons. The molecular weight excluding hydrogens is 362 g/mol. The number of nitrogens with zero attached hydrogens (tertiary/aromatic N) is 3. The van der Waals surface area contributed by atoms with Gasteiger partial charge in [0.05, 0.1) is 12.0 Å². The Bertz CT molecular complexity index is 889. The van der Waals surface area contributed by atoms with E-state index in [4.69, 9.17) is 27.4 Å². The van der Waals surface area contributed by atoms with E-state index in [0.717, 1.165) is 0 Å². The minimum Gasteiger partial charge on any atom is -0.454 e. The number of anilines is 1. The first-order valence-corrected chi connectivity index (χ1v) is 8.42. The Labute approximate surface area is 154 Å². The molecule has 0 radical (unpaired) electrons. The number of nitrogens with two attached hydrogens (primary N) is 1. The van der Waals surface area contributed by atoms with Gasteiger partial charge in [-0.3, -0.25) is 9.36 Å². The molecule has 0 unspecified atom stereocenters. The fourth-order valence-corrected chi connectivity index (χ4v) is 2.99. The Kier molecular flexibility index (Phi) is 4.73. The van der Waals surface area contributed by atoms with Crippen molar-refractivity contribution in [1.29, 1.82) is 0 Å². The number of rotatable bonds is 3. The first kappa shape index (κ1) is 18.7. The number of esters is 1. The maximum absolute atomic E-state index is 12.3. The van der Waals surface area contributed by atoms with Gasteiger partial charge in [0.25, 0.3) is 0 Å². The summed E-state index contributed by atoms with van der Waals surface area (Å²) in [6.07, 6.45) is -2.97. The standard InChI is InChI=1S/C15H21N5O5S/c1-15(2,3)13(23)25-9-8(22)6(4-21)24-12(9)20-11-7(19-14(20)26)10(16)17-5-18-11/h5-6,8-9,12,21-22H,4H2,1-3H3,(H,19,26)(H2,16,17,18)/t6-,8-,9-,12-/m1/s1. The summed E-state index contributed by atoms with van der Waals surface area (Å²) in [5, 5.41) is 19.9. The van der Waals surface area contributed by atoms with Crippen LogP contribution in [0.2, 0.25) is 0 Å². The van der Waals surface area contributed by atoms with Crippen LogP contribution in [-0.2, 0) is 14.3 Å². The highest BCUT2D eigenvalue weighted by Gasteiger charge is 2.48. The van der Waals surface area contributed by atoms with Gasteiger partial charge >= 0.3 is 5.97 Å². The zero-order valence-electron chi connectivity index (χ0n) is 14.5. The van der Waals surface area contributed by atoms with Gasteiger partial charge in [0.1, 0.15) is 24.1 Å². The number of carbonyl (C=O) groups is 1. The van der Waals surface area contributed by atoms with Crippen LogP contribution in [0, 0.1) is 10.2 Å². The van der Waals surface area contributed by atoms with Crippen LogP contribution in [0.4, 0.5) is 5.82 Å². The summed E-state index contributed by atoms with van der Waals surface area (Å²) in [4.78, 5) is 23.3. The van der Waals surface area contributed by atoms with Crippen LogP contribution in [0.5, 0.6) is 0 Å². The molecule has 2 aromatic rings. The average molecular weight is 383 g/mol. The van der Waals surface area contributed by atoms with E-state index < -0.39 is 42.5 Å². The van der Waals surface area contributed by atoms with Gasteiger partial charge in [-0.05, 0) is 33.0 Å². The smallest absolute Gasteiger partial charge is 0.311 e. The second kappa shape index (κ2) is 6.58. The van der Waals surface area contributed by atoms with Crippen molar-refractivity contribution in [2.45, 2.75) is 45.3 Å². The summed E-state index contributed by atoms with van der Waals surface area (Å²) in [6, 6.07) is 0. The number of imidazole rings is 1. The summed E-state index contributed by atoms with van der Waals surface area (Å²) in [6.45, 7) is 4.64. The number of carbonyl (C=O) groups excluding carboxylic acids is 1. The molecule has 1 aliphatic rings. The summed E-state index contributed by atoms with van der Waals surface area (Å²) in [5.74, 6) is -0.324. The van der Waals surface area contributed by atoms with E-state index in [2.05, 4.69) is 15.0 Å². The molecule has 1 aliphatic heterocycles. The molecule has 0 bridgehead atoms. The van der Waals surface area contributed by atoms with Crippen molar-refractivity contribution >= 4 is 35.2 Å². The lowest BCUT2D eigenvalue weighted by Crippen LogP contribution is -2.39. The summed E-state index contributed by atoms with van der Waals surface area (Å²) in [5.41, 5.74) is 5.80. The number of fused-ring (bicyclic) bond motifs is 1. The fraction of sp³-hybridized carbons (Fsp3) is 0.600. The van der Waals surface area contributed by atoms with E-state index in [1.165, 1.54) is 10.9 Å². The minimum absolute atomic E-state index is 0.195. The molecule has 3 heterocycles. The molecule has 0 aliphatic carbocycles. The molecule has 4 atom stereocenters. The molecule has 5 N–H and O–H groups in total. The van der Waals surface area contributed by atoms with Crippen molar-refractivity contribution in [1.82, 2.24) is 19.5 Å².